The van der Waals surface area contributed by atoms with Crippen LogP contribution in [0.2, 0.25) is 5.02 Å². The van der Waals surface area contributed by atoms with Crippen LogP contribution in [0.1, 0.15) is 13.3 Å². The maximum absolute atomic E-state index is 13.4. The number of hydrogen-bond donors (Lipinski definition) is 1. The number of hydrogen-bond acceptors (Lipinski definition) is 6. The minimum Gasteiger partial charge on any atom is -0.463 e. The molecule has 1 N–H and O–H groups in total. The van der Waals surface area contributed by atoms with Crippen molar-refractivity contribution in [1.29, 1.82) is 0 Å². The van der Waals surface area contributed by atoms with Crippen LogP contribution in [0.3, 0.4) is 0 Å². The molecular weight excluding hydrogens is 299 g/mol. The third kappa shape index (κ3) is 4.16. The van der Waals surface area contributed by atoms with Gasteiger partial charge in [-0.1, -0.05) is 18.5 Å². The van der Waals surface area contributed by atoms with E-state index in [1.807, 2.05) is 6.92 Å². The molecule has 0 saturated carbocycles. The monoisotopic (exact) mass is 312 g/mol. The number of benzene rings is 1. The molecule has 6 nitrogen and oxygen atoms in total. The molecule has 1 aromatic carbocycles. The third-order valence-electron chi connectivity index (χ3n) is 2.35. The largest absolute Gasteiger partial charge is 0.463 e. The average molecular weight is 313 g/mol. The minimum atomic E-state index is -0.584. The molecular formula is C13H14ClFN4O2. The zero-order chi connectivity index (χ0) is 15.2. The Morgan fingerprint density at radius 3 is 2.67 bits per heavy atom. The Hall–Kier alpha value is -2.15. The number of anilines is 1. The number of ether oxygens (including phenoxy) is 2. The number of rotatable bonds is 6. The SMILES string of the molecule is CCCOc1nc(NC)nc(Oc2ccc(Cl)c(F)c2)n1. The molecule has 2 rings (SSSR count). The van der Waals surface area contributed by atoms with Crippen molar-refractivity contribution in [2.24, 2.45) is 0 Å². The average Bonchev–Trinajstić information content (AvgIpc) is 2.48. The number of nitrogens with one attached hydrogen (secondary N) is 1. The van der Waals surface area contributed by atoms with Gasteiger partial charge in [-0.05, 0) is 18.6 Å². The molecule has 0 radical (unpaired) electrons. The van der Waals surface area contributed by atoms with E-state index in [1.54, 1.807) is 7.05 Å². The molecule has 0 spiro atoms. The van der Waals surface area contributed by atoms with Crippen LogP contribution in [0.5, 0.6) is 17.8 Å². The molecule has 8 heteroatoms. The first-order valence-electron chi connectivity index (χ1n) is 6.32. The fourth-order valence-corrected chi connectivity index (χ4v) is 1.52. The molecule has 0 unspecified atom stereocenters. The summed E-state index contributed by atoms with van der Waals surface area (Å²) in [5.74, 6) is -0.0633. The highest BCUT2D eigenvalue weighted by Gasteiger charge is 2.10. The Bertz CT molecular complexity index is 627. The van der Waals surface area contributed by atoms with Crippen molar-refractivity contribution in [3.8, 4) is 17.8 Å². The van der Waals surface area contributed by atoms with E-state index in [9.17, 15) is 4.39 Å². The predicted molar refractivity (Wildman–Crippen MR) is 76.6 cm³/mol. The maximum Gasteiger partial charge on any atom is 0.330 e. The summed E-state index contributed by atoms with van der Waals surface area (Å²) in [5.41, 5.74) is 0. The van der Waals surface area contributed by atoms with Crippen LogP contribution in [-0.2, 0) is 0 Å². The van der Waals surface area contributed by atoms with Crippen LogP contribution in [0.4, 0.5) is 10.3 Å². The van der Waals surface area contributed by atoms with E-state index in [0.29, 0.717) is 12.6 Å². The van der Waals surface area contributed by atoms with E-state index in [1.165, 1.54) is 12.1 Å². The highest BCUT2D eigenvalue weighted by atomic mass is 35.5. The molecule has 0 atom stereocenters. The first kappa shape index (κ1) is 15.2. The van der Waals surface area contributed by atoms with E-state index in [0.717, 1.165) is 12.5 Å². The summed E-state index contributed by atoms with van der Waals surface area (Å²) in [5, 5.41) is 2.79. The highest BCUT2D eigenvalue weighted by molar-refractivity contribution is 6.30. The Balaban J connectivity index is 2.23. The van der Waals surface area contributed by atoms with Crippen LogP contribution in [0, 0.1) is 5.82 Å². The van der Waals surface area contributed by atoms with E-state index in [4.69, 9.17) is 21.1 Å². The van der Waals surface area contributed by atoms with Gasteiger partial charge in [-0.2, -0.15) is 9.97 Å². The van der Waals surface area contributed by atoms with Gasteiger partial charge in [0.05, 0.1) is 11.6 Å². The molecule has 0 amide bonds. The zero-order valence-electron chi connectivity index (χ0n) is 11.6. The van der Waals surface area contributed by atoms with Crippen molar-refractivity contribution < 1.29 is 13.9 Å². The van der Waals surface area contributed by atoms with Crippen molar-refractivity contribution >= 4 is 17.5 Å². The van der Waals surface area contributed by atoms with Gasteiger partial charge in [0.1, 0.15) is 11.6 Å². The van der Waals surface area contributed by atoms with Crippen molar-refractivity contribution in [3.63, 3.8) is 0 Å². The van der Waals surface area contributed by atoms with Crippen LogP contribution < -0.4 is 14.8 Å². The normalized spacial score (nSPS) is 10.3. The minimum absolute atomic E-state index is 0.00201. The van der Waals surface area contributed by atoms with Gasteiger partial charge in [-0.3, -0.25) is 0 Å². The fourth-order valence-electron chi connectivity index (χ4n) is 1.40. The molecule has 0 saturated heterocycles. The lowest BCUT2D eigenvalue weighted by Crippen LogP contribution is -2.06. The highest BCUT2D eigenvalue weighted by Crippen LogP contribution is 2.24. The van der Waals surface area contributed by atoms with Crippen molar-refractivity contribution in [3.05, 3.63) is 29.0 Å². The van der Waals surface area contributed by atoms with E-state index >= 15 is 0 Å². The second kappa shape index (κ2) is 7.03. The molecule has 1 heterocycles. The number of aromatic nitrogens is 3. The van der Waals surface area contributed by atoms with E-state index in [-0.39, 0.29) is 22.8 Å². The molecule has 21 heavy (non-hydrogen) atoms. The summed E-state index contributed by atoms with van der Waals surface area (Å²) >= 11 is 5.61. The Labute approximate surface area is 126 Å². The molecule has 0 aliphatic heterocycles. The van der Waals surface area contributed by atoms with Gasteiger partial charge in [-0.15, -0.1) is 4.98 Å². The van der Waals surface area contributed by atoms with Gasteiger partial charge in [-0.25, -0.2) is 4.39 Å². The summed E-state index contributed by atoms with van der Waals surface area (Å²) in [4.78, 5) is 12.1. The summed E-state index contributed by atoms with van der Waals surface area (Å²) in [6, 6.07) is 4.20. The van der Waals surface area contributed by atoms with E-state index in [2.05, 4.69) is 20.3 Å². The molecule has 112 valence electrons. The summed E-state index contributed by atoms with van der Waals surface area (Å²) in [7, 11) is 1.66. The van der Waals surface area contributed by atoms with Crippen LogP contribution >= 0.6 is 11.6 Å². The molecule has 0 aliphatic carbocycles. The van der Waals surface area contributed by atoms with Crippen LogP contribution in [-0.4, -0.2) is 28.6 Å². The molecule has 0 aliphatic rings. The van der Waals surface area contributed by atoms with Crippen LogP contribution in [0.25, 0.3) is 0 Å². The Kier molecular flexibility index (Phi) is 5.10. The van der Waals surface area contributed by atoms with Gasteiger partial charge in [0, 0.05) is 13.1 Å². The van der Waals surface area contributed by atoms with Gasteiger partial charge in [0.15, 0.2) is 0 Å². The molecule has 1 aromatic heterocycles. The van der Waals surface area contributed by atoms with Gasteiger partial charge in [0.25, 0.3) is 0 Å². The first-order chi connectivity index (χ1) is 10.1. The smallest absolute Gasteiger partial charge is 0.330 e. The lowest BCUT2D eigenvalue weighted by atomic mass is 10.3. The maximum atomic E-state index is 13.4. The second-order valence-electron chi connectivity index (χ2n) is 4.00. The summed E-state index contributed by atoms with van der Waals surface area (Å²) in [6.07, 6.45) is 0.819. The second-order valence-corrected chi connectivity index (χ2v) is 4.41. The van der Waals surface area contributed by atoms with Gasteiger partial charge >= 0.3 is 12.0 Å². The molecule has 0 fully saturated rings. The van der Waals surface area contributed by atoms with Crippen LogP contribution in [0.15, 0.2) is 18.2 Å². The molecule has 0 bridgehead atoms. The summed E-state index contributed by atoms with van der Waals surface area (Å²) in [6.45, 7) is 2.44. The van der Waals surface area contributed by atoms with Crippen molar-refractivity contribution in [2.45, 2.75) is 13.3 Å². The Morgan fingerprint density at radius 1 is 1.24 bits per heavy atom. The fraction of sp³-hybridized carbons (Fsp3) is 0.308. The van der Waals surface area contributed by atoms with Gasteiger partial charge < -0.3 is 14.8 Å². The third-order valence-corrected chi connectivity index (χ3v) is 2.66. The number of nitrogens with zero attached hydrogens (tertiary/aromatic N) is 3. The Morgan fingerprint density at radius 2 is 2.00 bits per heavy atom. The standard InChI is InChI=1S/C13H14ClFN4O2/c1-3-6-20-12-17-11(16-2)18-13(19-12)21-8-4-5-9(14)10(15)7-8/h4-5,7H,3,6H2,1-2H3,(H,16,17,18,19). The zero-order valence-corrected chi connectivity index (χ0v) is 12.3. The lowest BCUT2D eigenvalue weighted by molar-refractivity contribution is 0.285. The van der Waals surface area contributed by atoms with Crippen molar-refractivity contribution in [2.75, 3.05) is 19.0 Å². The lowest BCUT2D eigenvalue weighted by Gasteiger charge is -2.08. The van der Waals surface area contributed by atoms with Gasteiger partial charge in [0.2, 0.25) is 5.95 Å². The topological polar surface area (TPSA) is 69.2 Å². The first-order valence-corrected chi connectivity index (χ1v) is 6.69. The summed E-state index contributed by atoms with van der Waals surface area (Å²) < 4.78 is 24.1. The van der Waals surface area contributed by atoms with Crippen molar-refractivity contribution in [1.82, 2.24) is 15.0 Å². The molecule has 2 aromatic rings. The van der Waals surface area contributed by atoms with E-state index < -0.39 is 5.82 Å². The number of halogens is 2. The quantitative estimate of drug-likeness (QED) is 0.882. The predicted octanol–water partition coefficient (Wildman–Crippen LogP) is 3.29.